The van der Waals surface area contributed by atoms with E-state index < -0.39 is 5.91 Å². The molecule has 0 fully saturated rings. The maximum Gasteiger partial charge on any atom is 0.291 e. The molecule has 2 rings (SSSR count). The van der Waals surface area contributed by atoms with E-state index in [0.29, 0.717) is 10.6 Å². The summed E-state index contributed by atoms with van der Waals surface area (Å²) in [6.45, 7) is 1.70. The van der Waals surface area contributed by atoms with Gasteiger partial charge < -0.3 is 14.8 Å². The lowest BCUT2D eigenvalue weighted by atomic mass is 10.2. The smallest absolute Gasteiger partial charge is 0.291 e. The molecule has 0 aliphatic carbocycles. The number of aryl methyl sites for hydroxylation is 1. The first-order valence-electron chi connectivity index (χ1n) is 4.92. The molecule has 5 heteroatoms. The highest BCUT2D eigenvalue weighted by Crippen LogP contribution is 2.31. The minimum atomic E-state index is -0.438. The van der Waals surface area contributed by atoms with Crippen LogP contribution in [0.15, 0.2) is 34.9 Å². The largest absolute Gasteiger partial charge is 0.505 e. The number of furan rings is 1. The Hall–Kier alpha value is -1.94. The Morgan fingerprint density at radius 1 is 1.47 bits per heavy atom. The Morgan fingerprint density at radius 3 is 2.88 bits per heavy atom. The van der Waals surface area contributed by atoms with Crippen molar-refractivity contribution in [2.24, 2.45) is 0 Å². The van der Waals surface area contributed by atoms with Crippen LogP contribution in [0.5, 0.6) is 5.75 Å². The number of halogens is 1. The van der Waals surface area contributed by atoms with Crippen molar-refractivity contribution >= 4 is 23.2 Å². The molecule has 0 saturated carbocycles. The summed E-state index contributed by atoms with van der Waals surface area (Å²) >= 11 is 5.84. The number of anilines is 1. The first-order chi connectivity index (χ1) is 8.08. The molecule has 1 aromatic heterocycles. The number of benzene rings is 1. The first-order valence-corrected chi connectivity index (χ1v) is 5.29. The van der Waals surface area contributed by atoms with Crippen LogP contribution in [0.3, 0.4) is 0 Å². The maximum absolute atomic E-state index is 11.7. The number of aromatic hydroxyl groups is 1. The Kier molecular flexibility index (Phi) is 3.06. The number of rotatable bonds is 2. The molecule has 2 aromatic rings. The van der Waals surface area contributed by atoms with Gasteiger partial charge in [0.15, 0.2) is 5.76 Å². The Labute approximate surface area is 103 Å². The number of hydrogen-bond donors (Lipinski definition) is 2. The van der Waals surface area contributed by atoms with Crippen LogP contribution in [0.1, 0.15) is 16.1 Å². The van der Waals surface area contributed by atoms with E-state index in [-0.39, 0.29) is 17.2 Å². The van der Waals surface area contributed by atoms with E-state index in [1.807, 2.05) is 0 Å². The summed E-state index contributed by atoms with van der Waals surface area (Å²) in [5.41, 5.74) is 0.851. The van der Waals surface area contributed by atoms with Gasteiger partial charge in [-0.15, -0.1) is 0 Å². The van der Waals surface area contributed by atoms with Gasteiger partial charge in [-0.2, -0.15) is 0 Å². The van der Waals surface area contributed by atoms with Crippen molar-refractivity contribution in [2.45, 2.75) is 6.92 Å². The Bertz CT molecular complexity index is 549. The molecule has 0 aliphatic heterocycles. The van der Waals surface area contributed by atoms with Crippen LogP contribution in [-0.4, -0.2) is 11.0 Å². The van der Waals surface area contributed by atoms with Crippen molar-refractivity contribution in [2.75, 3.05) is 5.32 Å². The second-order valence-corrected chi connectivity index (χ2v) is 3.99. The number of carbonyl (C=O) groups excluding carboxylic acids is 1. The van der Waals surface area contributed by atoms with Gasteiger partial charge in [-0.25, -0.2) is 0 Å². The lowest BCUT2D eigenvalue weighted by Gasteiger charge is -2.08. The van der Waals surface area contributed by atoms with Crippen LogP contribution >= 0.6 is 11.6 Å². The molecule has 1 aromatic carbocycles. The molecule has 0 bridgehead atoms. The second-order valence-electron chi connectivity index (χ2n) is 3.55. The number of phenolic OH excluding ortho intramolecular Hbond substituents is 1. The minimum absolute atomic E-state index is 0.00527. The molecule has 0 unspecified atom stereocenters. The third kappa shape index (κ3) is 2.42. The van der Waals surface area contributed by atoms with Gasteiger partial charge in [0.05, 0.1) is 12.0 Å². The topological polar surface area (TPSA) is 62.5 Å². The fraction of sp³-hybridized carbons (Fsp3) is 0.0833. The standard InChI is InChI=1S/C12H10ClNO3/c1-7-5-8(13)6-9(11(7)15)14-12(16)10-3-2-4-17-10/h2-6,15H,1H3,(H,14,16). The van der Waals surface area contributed by atoms with Crippen LogP contribution < -0.4 is 5.32 Å². The van der Waals surface area contributed by atoms with Gasteiger partial charge in [-0.1, -0.05) is 11.6 Å². The van der Waals surface area contributed by atoms with Crippen molar-refractivity contribution in [3.05, 3.63) is 46.9 Å². The van der Waals surface area contributed by atoms with Gasteiger partial charge in [-0.05, 0) is 36.8 Å². The molecule has 17 heavy (non-hydrogen) atoms. The van der Waals surface area contributed by atoms with E-state index in [1.54, 1.807) is 19.1 Å². The van der Waals surface area contributed by atoms with Crippen LogP contribution in [0.4, 0.5) is 5.69 Å². The molecular formula is C12H10ClNO3. The third-order valence-electron chi connectivity index (χ3n) is 2.26. The van der Waals surface area contributed by atoms with Crippen molar-refractivity contribution in [3.63, 3.8) is 0 Å². The van der Waals surface area contributed by atoms with Crippen molar-refractivity contribution in [1.29, 1.82) is 0 Å². The normalized spacial score (nSPS) is 10.2. The van der Waals surface area contributed by atoms with Crippen molar-refractivity contribution in [3.8, 4) is 5.75 Å². The average Bonchev–Trinajstić information content (AvgIpc) is 2.78. The highest BCUT2D eigenvalue weighted by Gasteiger charge is 2.13. The SMILES string of the molecule is Cc1cc(Cl)cc(NC(=O)c2ccco2)c1O. The zero-order chi connectivity index (χ0) is 12.4. The zero-order valence-electron chi connectivity index (χ0n) is 9.03. The van der Waals surface area contributed by atoms with E-state index >= 15 is 0 Å². The summed E-state index contributed by atoms with van der Waals surface area (Å²) in [6.07, 6.45) is 1.40. The quantitative estimate of drug-likeness (QED) is 0.806. The second kappa shape index (κ2) is 4.51. The number of amides is 1. The van der Waals surface area contributed by atoms with Gasteiger partial charge in [0.25, 0.3) is 5.91 Å². The summed E-state index contributed by atoms with van der Waals surface area (Å²) in [7, 11) is 0. The van der Waals surface area contributed by atoms with Gasteiger partial charge >= 0.3 is 0 Å². The molecular weight excluding hydrogens is 242 g/mol. The lowest BCUT2D eigenvalue weighted by Crippen LogP contribution is -2.11. The maximum atomic E-state index is 11.7. The fourth-order valence-electron chi connectivity index (χ4n) is 1.42. The van der Waals surface area contributed by atoms with Crippen LogP contribution in [-0.2, 0) is 0 Å². The number of carbonyl (C=O) groups is 1. The van der Waals surface area contributed by atoms with Crippen LogP contribution in [0.25, 0.3) is 0 Å². The van der Waals surface area contributed by atoms with E-state index in [0.717, 1.165) is 0 Å². The van der Waals surface area contributed by atoms with E-state index in [9.17, 15) is 9.90 Å². The van der Waals surface area contributed by atoms with E-state index in [2.05, 4.69) is 5.32 Å². The van der Waals surface area contributed by atoms with Crippen molar-refractivity contribution in [1.82, 2.24) is 0 Å². The van der Waals surface area contributed by atoms with Crippen LogP contribution in [0, 0.1) is 6.92 Å². The number of hydrogen-bond acceptors (Lipinski definition) is 3. The van der Waals surface area contributed by atoms with Gasteiger partial charge in [0.2, 0.25) is 0 Å². The molecule has 1 amide bonds. The summed E-state index contributed by atoms with van der Waals surface area (Å²) in [4.78, 5) is 11.7. The average molecular weight is 252 g/mol. The molecule has 2 N–H and O–H groups in total. The van der Waals surface area contributed by atoms with E-state index in [1.165, 1.54) is 18.4 Å². The molecule has 4 nitrogen and oxygen atoms in total. The highest BCUT2D eigenvalue weighted by atomic mass is 35.5. The molecule has 0 atom stereocenters. The highest BCUT2D eigenvalue weighted by molar-refractivity contribution is 6.31. The molecule has 88 valence electrons. The monoisotopic (exact) mass is 251 g/mol. The summed E-state index contributed by atoms with van der Waals surface area (Å²) < 4.78 is 4.94. The zero-order valence-corrected chi connectivity index (χ0v) is 9.78. The van der Waals surface area contributed by atoms with Crippen LogP contribution in [0.2, 0.25) is 5.02 Å². The predicted octanol–water partition coefficient (Wildman–Crippen LogP) is 3.20. The van der Waals surface area contributed by atoms with Crippen molar-refractivity contribution < 1.29 is 14.3 Å². The van der Waals surface area contributed by atoms with E-state index in [4.69, 9.17) is 16.0 Å². The summed E-state index contributed by atoms with van der Waals surface area (Å²) in [5.74, 6) is -0.275. The number of phenols is 1. The fourth-order valence-corrected chi connectivity index (χ4v) is 1.70. The lowest BCUT2D eigenvalue weighted by molar-refractivity contribution is 0.0996. The van der Waals surface area contributed by atoms with Gasteiger partial charge in [0.1, 0.15) is 5.75 Å². The summed E-state index contributed by atoms with van der Waals surface area (Å²) in [6, 6.07) is 6.23. The Morgan fingerprint density at radius 2 is 2.24 bits per heavy atom. The number of nitrogens with one attached hydrogen (secondary N) is 1. The minimum Gasteiger partial charge on any atom is -0.505 e. The molecule has 1 heterocycles. The van der Waals surface area contributed by atoms with Gasteiger partial charge in [0, 0.05) is 5.02 Å². The summed E-state index contributed by atoms with van der Waals surface area (Å²) in [5, 5.41) is 12.7. The third-order valence-corrected chi connectivity index (χ3v) is 2.48. The Balaban J connectivity index is 2.28. The molecule has 0 radical (unpaired) electrons. The molecule has 0 spiro atoms. The molecule has 0 saturated heterocycles. The predicted molar refractivity (Wildman–Crippen MR) is 64.5 cm³/mol. The molecule has 0 aliphatic rings. The first kappa shape index (κ1) is 11.5. The van der Waals surface area contributed by atoms with Gasteiger partial charge in [-0.3, -0.25) is 4.79 Å².